The van der Waals surface area contributed by atoms with Crippen LogP contribution in [0.5, 0.6) is 0 Å². The number of nitrogens with one attached hydrogen (secondary N) is 2. The number of hydrogen-bond acceptors (Lipinski definition) is 5. The fraction of sp³-hybridized carbons (Fsp3) is 0.444. The lowest BCUT2D eigenvalue weighted by molar-refractivity contribution is -0.119. The first-order valence-corrected chi connectivity index (χ1v) is 5.67. The fourth-order valence-corrected chi connectivity index (χ4v) is 1.77. The number of imide groups is 1. The molecule has 0 unspecified atom stereocenters. The predicted molar refractivity (Wildman–Crippen MR) is 61.2 cm³/mol. The highest BCUT2D eigenvalue weighted by atomic mass is 32.1. The van der Waals surface area contributed by atoms with Crippen molar-refractivity contribution in [3.8, 4) is 0 Å². The second-order valence-corrected chi connectivity index (χ2v) is 4.26. The Labute approximate surface area is 97.2 Å². The molecule has 0 saturated carbocycles. The maximum atomic E-state index is 11.0. The van der Waals surface area contributed by atoms with E-state index in [2.05, 4.69) is 10.3 Å². The molecular weight excluding hydrogens is 228 g/mol. The Balaban J connectivity index is 2.12. The first-order valence-electron chi connectivity index (χ1n) is 4.79. The van der Waals surface area contributed by atoms with Gasteiger partial charge in [0.2, 0.25) is 5.91 Å². The molecule has 4 N–H and O–H groups in total. The third-order valence-corrected chi connectivity index (χ3v) is 2.59. The van der Waals surface area contributed by atoms with Gasteiger partial charge in [-0.25, -0.2) is 9.78 Å². The molecule has 0 fully saturated rings. The van der Waals surface area contributed by atoms with Gasteiger partial charge in [-0.2, -0.15) is 0 Å². The van der Waals surface area contributed by atoms with Gasteiger partial charge >= 0.3 is 6.03 Å². The molecular formula is C9H14N4O2S. The number of hydrogen-bond donors (Lipinski definition) is 3. The number of aromatic nitrogens is 1. The van der Waals surface area contributed by atoms with E-state index in [1.54, 1.807) is 11.3 Å². The molecule has 0 aliphatic carbocycles. The zero-order valence-corrected chi connectivity index (χ0v) is 9.76. The molecule has 1 aromatic heterocycles. The van der Waals surface area contributed by atoms with Crippen LogP contribution in [0.3, 0.4) is 0 Å². The van der Waals surface area contributed by atoms with Crippen molar-refractivity contribution in [1.82, 2.24) is 15.6 Å². The van der Waals surface area contributed by atoms with Crippen LogP contribution < -0.4 is 16.4 Å². The van der Waals surface area contributed by atoms with Crippen LogP contribution in [0.25, 0.3) is 0 Å². The van der Waals surface area contributed by atoms with Crippen LogP contribution in [-0.4, -0.2) is 30.0 Å². The third-order valence-electron chi connectivity index (χ3n) is 1.77. The number of carbonyl (C=O) groups is 2. The van der Waals surface area contributed by atoms with Crippen molar-refractivity contribution in [2.24, 2.45) is 5.73 Å². The van der Waals surface area contributed by atoms with Gasteiger partial charge in [0.1, 0.15) is 0 Å². The molecule has 1 rings (SSSR count). The van der Waals surface area contributed by atoms with Gasteiger partial charge in [0, 0.05) is 18.3 Å². The van der Waals surface area contributed by atoms with Crippen LogP contribution in [0, 0.1) is 6.92 Å². The van der Waals surface area contributed by atoms with Crippen molar-refractivity contribution in [3.05, 3.63) is 16.1 Å². The van der Waals surface area contributed by atoms with Gasteiger partial charge in [-0.15, -0.1) is 11.3 Å². The summed E-state index contributed by atoms with van der Waals surface area (Å²) in [6.45, 7) is 2.66. The fourth-order valence-electron chi connectivity index (χ4n) is 1.12. The smallest absolute Gasteiger partial charge is 0.318 e. The highest BCUT2D eigenvalue weighted by Crippen LogP contribution is 2.07. The molecule has 0 aromatic carbocycles. The number of urea groups is 1. The van der Waals surface area contributed by atoms with Crippen LogP contribution in [0.2, 0.25) is 0 Å². The summed E-state index contributed by atoms with van der Waals surface area (Å²) in [6, 6.07) is -0.832. The number of rotatable bonds is 5. The number of carbonyl (C=O) groups excluding carboxylic acids is 2. The van der Waals surface area contributed by atoms with Crippen molar-refractivity contribution >= 4 is 23.3 Å². The highest BCUT2D eigenvalue weighted by molar-refractivity contribution is 7.09. The number of primary amides is 1. The van der Waals surface area contributed by atoms with Gasteiger partial charge in [0.25, 0.3) is 0 Å². The SMILES string of the molecule is Cc1nc(CCNCC(=O)NC(N)=O)cs1. The van der Waals surface area contributed by atoms with Crippen molar-refractivity contribution in [2.75, 3.05) is 13.1 Å². The van der Waals surface area contributed by atoms with E-state index in [1.807, 2.05) is 17.6 Å². The summed E-state index contributed by atoms with van der Waals surface area (Å²) in [5, 5.41) is 7.88. The lowest BCUT2D eigenvalue weighted by atomic mass is 10.3. The number of nitrogens with zero attached hydrogens (tertiary/aromatic N) is 1. The normalized spacial score (nSPS) is 10.1. The minimum Gasteiger partial charge on any atom is -0.351 e. The second kappa shape index (κ2) is 6.19. The van der Waals surface area contributed by atoms with Gasteiger partial charge in [0.15, 0.2) is 0 Å². The topological polar surface area (TPSA) is 97.1 Å². The quantitative estimate of drug-likeness (QED) is 0.622. The van der Waals surface area contributed by atoms with E-state index in [-0.39, 0.29) is 6.54 Å². The average Bonchev–Trinajstić information content (AvgIpc) is 2.58. The maximum Gasteiger partial charge on any atom is 0.318 e. The van der Waals surface area contributed by atoms with Gasteiger partial charge in [-0.1, -0.05) is 0 Å². The molecule has 0 aliphatic rings. The Morgan fingerprint density at radius 3 is 2.88 bits per heavy atom. The van der Waals surface area contributed by atoms with Crippen molar-refractivity contribution in [2.45, 2.75) is 13.3 Å². The Morgan fingerprint density at radius 2 is 2.31 bits per heavy atom. The maximum absolute atomic E-state index is 11.0. The van der Waals surface area contributed by atoms with Crippen molar-refractivity contribution in [3.63, 3.8) is 0 Å². The van der Waals surface area contributed by atoms with Crippen molar-refractivity contribution < 1.29 is 9.59 Å². The van der Waals surface area contributed by atoms with Crippen LogP contribution >= 0.6 is 11.3 Å². The van der Waals surface area contributed by atoms with E-state index in [9.17, 15) is 9.59 Å². The molecule has 1 heterocycles. The zero-order chi connectivity index (χ0) is 12.0. The summed E-state index contributed by atoms with van der Waals surface area (Å²) in [5.41, 5.74) is 5.79. The van der Waals surface area contributed by atoms with E-state index >= 15 is 0 Å². The van der Waals surface area contributed by atoms with E-state index in [1.165, 1.54) is 0 Å². The highest BCUT2D eigenvalue weighted by Gasteiger charge is 2.03. The van der Waals surface area contributed by atoms with Gasteiger partial charge < -0.3 is 11.1 Å². The Kier molecular flexibility index (Phi) is 4.87. The number of aryl methyl sites for hydroxylation is 1. The van der Waals surface area contributed by atoms with E-state index in [4.69, 9.17) is 5.73 Å². The number of amides is 3. The third kappa shape index (κ3) is 4.85. The molecule has 6 nitrogen and oxygen atoms in total. The first kappa shape index (κ1) is 12.6. The largest absolute Gasteiger partial charge is 0.351 e. The number of thiazole rings is 1. The molecule has 0 spiro atoms. The molecule has 88 valence electrons. The summed E-state index contributed by atoms with van der Waals surface area (Å²) in [5.74, 6) is -0.429. The minimum absolute atomic E-state index is 0.0755. The molecule has 7 heteroatoms. The van der Waals surface area contributed by atoms with Crippen LogP contribution in [-0.2, 0) is 11.2 Å². The molecule has 3 amide bonds. The molecule has 0 bridgehead atoms. The van der Waals surface area contributed by atoms with Crippen LogP contribution in [0.1, 0.15) is 10.7 Å². The molecule has 16 heavy (non-hydrogen) atoms. The number of nitrogens with two attached hydrogens (primary N) is 1. The Hall–Kier alpha value is -1.47. The lowest BCUT2D eigenvalue weighted by Gasteiger charge is -2.02. The van der Waals surface area contributed by atoms with E-state index in [0.29, 0.717) is 6.54 Å². The summed E-state index contributed by atoms with van der Waals surface area (Å²) in [6.07, 6.45) is 0.758. The summed E-state index contributed by atoms with van der Waals surface area (Å²) in [4.78, 5) is 25.6. The zero-order valence-electron chi connectivity index (χ0n) is 8.95. The van der Waals surface area contributed by atoms with Crippen LogP contribution in [0.15, 0.2) is 5.38 Å². The molecule has 0 aliphatic heterocycles. The minimum atomic E-state index is -0.832. The molecule has 0 saturated heterocycles. The predicted octanol–water partition coefficient (Wildman–Crippen LogP) is -0.221. The summed E-state index contributed by atoms with van der Waals surface area (Å²) >= 11 is 1.60. The average molecular weight is 242 g/mol. The van der Waals surface area contributed by atoms with Gasteiger partial charge in [0.05, 0.1) is 17.2 Å². The van der Waals surface area contributed by atoms with E-state index in [0.717, 1.165) is 17.1 Å². The van der Waals surface area contributed by atoms with Crippen molar-refractivity contribution in [1.29, 1.82) is 0 Å². The van der Waals surface area contributed by atoms with Gasteiger partial charge in [-0.3, -0.25) is 10.1 Å². The molecule has 1 aromatic rings. The van der Waals surface area contributed by atoms with Crippen LogP contribution in [0.4, 0.5) is 4.79 Å². The molecule has 0 radical (unpaired) electrons. The Bertz CT molecular complexity index is 377. The first-order chi connectivity index (χ1) is 7.58. The van der Waals surface area contributed by atoms with Gasteiger partial charge in [-0.05, 0) is 6.92 Å². The van der Waals surface area contributed by atoms with E-state index < -0.39 is 11.9 Å². The monoisotopic (exact) mass is 242 g/mol. The summed E-state index contributed by atoms with van der Waals surface area (Å²) in [7, 11) is 0. The Morgan fingerprint density at radius 1 is 1.56 bits per heavy atom. The standard InChI is InChI=1S/C9H14N4O2S/c1-6-12-7(5-16-6)2-3-11-4-8(14)13-9(10)15/h5,11H,2-4H2,1H3,(H3,10,13,14,15). The molecule has 0 atom stereocenters. The lowest BCUT2D eigenvalue weighted by Crippen LogP contribution is -2.40. The summed E-state index contributed by atoms with van der Waals surface area (Å²) < 4.78 is 0. The second-order valence-electron chi connectivity index (χ2n) is 3.20.